The van der Waals surface area contributed by atoms with E-state index >= 15 is 0 Å². The number of aliphatic imine (C=N–C) groups is 1. The normalized spacial score (nSPS) is 16.6. The van der Waals surface area contributed by atoms with Gasteiger partial charge in [-0.25, -0.2) is 14.7 Å². The number of aromatic nitrogens is 2. The zero-order valence-corrected chi connectivity index (χ0v) is 11.8. The Morgan fingerprint density at radius 2 is 2.20 bits per heavy atom. The van der Waals surface area contributed by atoms with Crippen molar-refractivity contribution in [2.24, 2.45) is 4.99 Å². The van der Waals surface area contributed by atoms with Gasteiger partial charge in [-0.3, -0.25) is 9.97 Å². The van der Waals surface area contributed by atoms with Crippen LogP contribution in [0.25, 0.3) is 11.0 Å². The fourth-order valence-corrected chi connectivity index (χ4v) is 2.49. The average Bonchev–Trinajstić information content (AvgIpc) is 2.91. The zero-order chi connectivity index (χ0) is 14.1. The first-order valence-corrected chi connectivity index (χ1v) is 6.68. The molecule has 1 saturated heterocycles. The van der Waals surface area contributed by atoms with Crippen LogP contribution in [0.5, 0.6) is 0 Å². The highest BCUT2D eigenvalue weighted by Gasteiger charge is 2.24. The van der Waals surface area contributed by atoms with Gasteiger partial charge in [0.25, 0.3) is 0 Å². The number of fused-ring (bicyclic) bond motifs is 1. The summed E-state index contributed by atoms with van der Waals surface area (Å²) in [7, 11) is 0. The molecule has 1 aliphatic rings. The molecule has 1 amide bonds. The molecule has 2 aromatic rings. The highest BCUT2D eigenvalue weighted by molar-refractivity contribution is 9.10. The van der Waals surface area contributed by atoms with Crippen LogP contribution < -0.4 is 5.32 Å². The van der Waals surface area contributed by atoms with Gasteiger partial charge in [-0.1, -0.05) is 0 Å². The number of halogens is 1. The minimum atomic E-state index is -1.02. The van der Waals surface area contributed by atoms with Gasteiger partial charge in [0.05, 0.1) is 15.7 Å². The number of nitrogens with one attached hydrogen (secondary N) is 1. The first-order chi connectivity index (χ1) is 9.66. The van der Waals surface area contributed by atoms with E-state index < -0.39 is 6.09 Å². The molecule has 2 N–H and O–H groups in total. The molecule has 0 aliphatic carbocycles. The minimum absolute atomic E-state index is 0.321. The first-order valence-electron chi connectivity index (χ1n) is 5.89. The number of hydrogen-bond acceptors (Lipinski definition) is 4. The van der Waals surface area contributed by atoms with Gasteiger partial charge in [0.15, 0.2) is 0 Å². The Labute approximate surface area is 122 Å². The highest BCUT2D eigenvalue weighted by atomic mass is 79.9. The molecule has 1 fully saturated rings. The van der Waals surface area contributed by atoms with Gasteiger partial charge >= 0.3 is 6.09 Å². The van der Waals surface area contributed by atoms with E-state index in [0.717, 1.165) is 5.52 Å². The average molecular weight is 336 g/mol. The molecular weight excluding hydrogens is 326 g/mol. The summed E-state index contributed by atoms with van der Waals surface area (Å²) >= 11 is 3.44. The van der Waals surface area contributed by atoms with Crippen LogP contribution in [-0.4, -0.2) is 45.1 Å². The number of nitrogens with zero attached hydrogens (tertiary/aromatic N) is 4. The molecule has 0 atom stereocenters. The van der Waals surface area contributed by atoms with E-state index in [1.165, 1.54) is 4.90 Å². The van der Waals surface area contributed by atoms with Crippen molar-refractivity contribution in [2.75, 3.05) is 13.1 Å². The van der Waals surface area contributed by atoms with Crippen LogP contribution in [0, 0.1) is 0 Å². The Morgan fingerprint density at radius 3 is 3.00 bits per heavy atom. The molecule has 0 spiro atoms. The smallest absolute Gasteiger partial charge is 0.414 e. The largest absolute Gasteiger partial charge is 0.465 e. The minimum Gasteiger partial charge on any atom is -0.465 e. The van der Waals surface area contributed by atoms with Gasteiger partial charge in [-0.15, -0.1) is 0 Å². The van der Waals surface area contributed by atoms with Gasteiger partial charge in [0.2, 0.25) is 5.96 Å². The maximum atomic E-state index is 11.1. The first kappa shape index (κ1) is 12.8. The van der Waals surface area contributed by atoms with Crippen molar-refractivity contribution in [1.29, 1.82) is 0 Å². The number of carbonyl (C=O) groups is 1. The third-order valence-corrected chi connectivity index (χ3v) is 3.67. The Kier molecular flexibility index (Phi) is 3.23. The molecule has 0 radical (unpaired) electrons. The molecule has 0 saturated carbocycles. The molecule has 0 bridgehead atoms. The Bertz CT molecular complexity index is 718. The molecule has 102 valence electrons. The van der Waals surface area contributed by atoms with E-state index in [4.69, 9.17) is 5.11 Å². The Morgan fingerprint density at radius 1 is 1.40 bits per heavy atom. The third-order valence-electron chi connectivity index (χ3n) is 2.89. The van der Waals surface area contributed by atoms with Crippen LogP contribution in [0.1, 0.15) is 0 Å². The van der Waals surface area contributed by atoms with E-state index in [2.05, 4.69) is 36.2 Å². The lowest BCUT2D eigenvalue weighted by atomic mass is 10.2. The summed E-state index contributed by atoms with van der Waals surface area (Å²) in [6.07, 6.45) is 2.19. The Balaban J connectivity index is 2.07. The van der Waals surface area contributed by atoms with E-state index in [1.54, 1.807) is 24.5 Å². The maximum absolute atomic E-state index is 11.1. The van der Waals surface area contributed by atoms with Crippen molar-refractivity contribution in [3.05, 3.63) is 29.0 Å². The lowest BCUT2D eigenvalue weighted by Gasteiger charge is -2.11. The van der Waals surface area contributed by atoms with Crippen molar-refractivity contribution >= 4 is 44.7 Å². The van der Waals surface area contributed by atoms with E-state index in [-0.39, 0.29) is 0 Å². The van der Waals surface area contributed by atoms with Crippen LogP contribution in [-0.2, 0) is 0 Å². The molecule has 1 aromatic carbocycles. The van der Waals surface area contributed by atoms with E-state index in [0.29, 0.717) is 34.7 Å². The molecule has 2 heterocycles. The topological polar surface area (TPSA) is 90.7 Å². The molecule has 1 aromatic heterocycles. The third kappa shape index (κ3) is 2.18. The van der Waals surface area contributed by atoms with Gasteiger partial charge < -0.3 is 10.4 Å². The molecule has 8 heteroatoms. The number of hydrogen-bond donors (Lipinski definition) is 2. The number of benzene rings is 1. The van der Waals surface area contributed by atoms with Crippen LogP contribution in [0.2, 0.25) is 0 Å². The molecule has 20 heavy (non-hydrogen) atoms. The zero-order valence-electron chi connectivity index (χ0n) is 10.2. The molecule has 7 nitrogen and oxygen atoms in total. The summed E-state index contributed by atoms with van der Waals surface area (Å²) in [5.41, 5.74) is 2.04. The lowest BCUT2D eigenvalue weighted by molar-refractivity contribution is 0.172. The van der Waals surface area contributed by atoms with Crippen LogP contribution >= 0.6 is 15.9 Å². The highest BCUT2D eigenvalue weighted by Crippen LogP contribution is 2.31. The van der Waals surface area contributed by atoms with E-state index in [9.17, 15) is 4.79 Å². The molecule has 0 unspecified atom stereocenters. The predicted octanol–water partition coefficient (Wildman–Crippen LogP) is 1.96. The second kappa shape index (κ2) is 5.04. The SMILES string of the molecule is O=C(O)N1CCNC1=Nc1ccc2nccnc2c1Br. The van der Waals surface area contributed by atoms with Crippen molar-refractivity contribution in [3.8, 4) is 0 Å². The molecular formula is C12H10BrN5O2. The fourth-order valence-electron chi connectivity index (χ4n) is 1.96. The standard InChI is InChI=1S/C12H10BrN5O2/c13-9-7(1-2-8-10(9)15-4-3-14-8)17-11-16-5-6-18(11)12(19)20/h1-4H,5-6H2,(H,16,17)(H,19,20). The van der Waals surface area contributed by atoms with Crippen molar-refractivity contribution < 1.29 is 9.90 Å². The van der Waals surface area contributed by atoms with Gasteiger partial charge in [0.1, 0.15) is 5.52 Å². The number of guanidine groups is 1. The molecule has 1 aliphatic heterocycles. The summed E-state index contributed by atoms with van der Waals surface area (Å²) in [6.45, 7) is 0.940. The number of rotatable bonds is 1. The summed E-state index contributed by atoms with van der Waals surface area (Å²) in [5.74, 6) is 0.321. The number of carboxylic acid groups (broad SMARTS) is 1. The van der Waals surface area contributed by atoms with Gasteiger partial charge in [-0.05, 0) is 28.1 Å². The summed E-state index contributed by atoms with van der Waals surface area (Å²) in [5, 5.41) is 12.0. The fraction of sp³-hybridized carbons (Fsp3) is 0.167. The van der Waals surface area contributed by atoms with Crippen LogP contribution in [0.4, 0.5) is 10.5 Å². The quantitative estimate of drug-likeness (QED) is 0.831. The van der Waals surface area contributed by atoms with E-state index in [1.807, 2.05) is 0 Å². The van der Waals surface area contributed by atoms with Crippen molar-refractivity contribution in [3.63, 3.8) is 0 Å². The van der Waals surface area contributed by atoms with Crippen LogP contribution in [0.3, 0.4) is 0 Å². The predicted molar refractivity (Wildman–Crippen MR) is 77.1 cm³/mol. The summed E-state index contributed by atoms with van der Waals surface area (Å²) in [4.78, 5) is 25.0. The maximum Gasteiger partial charge on any atom is 0.414 e. The van der Waals surface area contributed by atoms with Gasteiger partial charge in [0, 0.05) is 25.5 Å². The van der Waals surface area contributed by atoms with Crippen molar-refractivity contribution in [2.45, 2.75) is 0 Å². The number of amides is 1. The second-order valence-corrected chi connectivity index (χ2v) is 4.91. The monoisotopic (exact) mass is 335 g/mol. The summed E-state index contributed by atoms with van der Waals surface area (Å²) in [6, 6.07) is 3.57. The Hall–Kier alpha value is -2.22. The lowest BCUT2D eigenvalue weighted by Crippen LogP contribution is -2.34. The van der Waals surface area contributed by atoms with Gasteiger partial charge in [-0.2, -0.15) is 0 Å². The summed E-state index contributed by atoms with van der Waals surface area (Å²) < 4.78 is 0.689. The van der Waals surface area contributed by atoms with Crippen molar-refractivity contribution in [1.82, 2.24) is 20.2 Å². The van der Waals surface area contributed by atoms with Crippen LogP contribution in [0.15, 0.2) is 34.0 Å². The molecule has 3 rings (SSSR count). The second-order valence-electron chi connectivity index (χ2n) is 4.12.